The Labute approximate surface area is 109 Å². The zero-order valence-corrected chi connectivity index (χ0v) is 10.9. The van der Waals surface area contributed by atoms with Crippen molar-refractivity contribution < 1.29 is 9.45 Å². The summed E-state index contributed by atoms with van der Waals surface area (Å²) >= 11 is 0. The van der Waals surface area contributed by atoms with E-state index in [0.717, 1.165) is 0 Å². The van der Waals surface area contributed by atoms with Crippen LogP contribution in [0.1, 0.15) is 20.8 Å². The van der Waals surface area contributed by atoms with Crippen molar-refractivity contribution in [2.45, 2.75) is 26.3 Å². The van der Waals surface area contributed by atoms with E-state index in [4.69, 9.17) is 4.52 Å². The topological polar surface area (TPSA) is 94.1 Å². The molecule has 1 aromatic heterocycles. The van der Waals surface area contributed by atoms with Gasteiger partial charge in [0.2, 0.25) is 5.82 Å². The lowest BCUT2D eigenvalue weighted by atomic mass is 10.1. The van der Waals surface area contributed by atoms with Gasteiger partial charge < -0.3 is 9.84 Å². The van der Waals surface area contributed by atoms with Crippen molar-refractivity contribution in [1.29, 1.82) is 0 Å². The van der Waals surface area contributed by atoms with Crippen LogP contribution in [-0.2, 0) is 0 Å². The fraction of sp³-hybridized carbons (Fsp3) is 0.333. The van der Waals surface area contributed by atoms with E-state index in [0.29, 0.717) is 11.4 Å². The van der Waals surface area contributed by atoms with E-state index in [1.807, 2.05) is 20.8 Å². The molecular weight excluding hydrogens is 248 g/mol. The molecule has 7 nitrogen and oxygen atoms in total. The highest BCUT2D eigenvalue weighted by atomic mass is 16.6. The number of hydrogen-bond acceptors (Lipinski definition) is 6. The molecule has 0 aliphatic heterocycles. The lowest BCUT2D eigenvalue weighted by Gasteiger charge is -2.17. The lowest BCUT2D eigenvalue weighted by Crippen LogP contribution is -2.26. The van der Waals surface area contributed by atoms with E-state index in [2.05, 4.69) is 15.5 Å². The number of rotatable bonds is 3. The molecule has 7 heteroatoms. The summed E-state index contributed by atoms with van der Waals surface area (Å²) in [7, 11) is 0. The maximum atomic E-state index is 10.7. The Hall–Kier alpha value is -2.44. The van der Waals surface area contributed by atoms with Gasteiger partial charge in [0.05, 0.1) is 4.92 Å². The van der Waals surface area contributed by atoms with E-state index < -0.39 is 4.92 Å². The largest absolute Gasteiger partial charge is 0.333 e. The molecule has 0 saturated heterocycles. The van der Waals surface area contributed by atoms with Gasteiger partial charge in [0.25, 0.3) is 5.69 Å². The van der Waals surface area contributed by atoms with Gasteiger partial charge in [0.1, 0.15) is 0 Å². The molecule has 0 saturated carbocycles. The SMILES string of the molecule is CC(C)(C)Nc1nc(-c2cccc([N+](=O)[O-])c2)no1. The Morgan fingerprint density at radius 1 is 1.37 bits per heavy atom. The van der Waals surface area contributed by atoms with Crippen LogP contribution in [-0.4, -0.2) is 20.6 Å². The van der Waals surface area contributed by atoms with Crippen molar-refractivity contribution in [1.82, 2.24) is 10.1 Å². The van der Waals surface area contributed by atoms with E-state index >= 15 is 0 Å². The van der Waals surface area contributed by atoms with Crippen LogP contribution in [0.25, 0.3) is 11.4 Å². The molecule has 0 aliphatic carbocycles. The van der Waals surface area contributed by atoms with Gasteiger partial charge >= 0.3 is 6.01 Å². The van der Waals surface area contributed by atoms with E-state index in [-0.39, 0.29) is 17.2 Å². The van der Waals surface area contributed by atoms with Crippen LogP contribution in [0.2, 0.25) is 0 Å². The van der Waals surface area contributed by atoms with Crippen LogP contribution in [0.3, 0.4) is 0 Å². The molecule has 0 atom stereocenters. The second kappa shape index (κ2) is 4.68. The summed E-state index contributed by atoms with van der Waals surface area (Å²) in [5, 5.41) is 17.5. The Kier molecular flexibility index (Phi) is 3.20. The maximum absolute atomic E-state index is 10.7. The van der Waals surface area contributed by atoms with Gasteiger partial charge in [-0.3, -0.25) is 10.1 Å². The molecule has 0 amide bonds. The number of non-ortho nitro benzene ring substituents is 1. The fourth-order valence-corrected chi connectivity index (χ4v) is 1.47. The molecule has 2 rings (SSSR count). The Morgan fingerprint density at radius 2 is 2.11 bits per heavy atom. The molecule has 0 radical (unpaired) electrons. The number of aromatic nitrogens is 2. The molecule has 1 heterocycles. The highest BCUT2D eigenvalue weighted by Gasteiger charge is 2.16. The summed E-state index contributed by atoms with van der Waals surface area (Å²) in [5.41, 5.74) is 0.333. The summed E-state index contributed by atoms with van der Waals surface area (Å²) in [4.78, 5) is 14.4. The van der Waals surface area contributed by atoms with Gasteiger partial charge in [-0.1, -0.05) is 17.3 Å². The predicted molar refractivity (Wildman–Crippen MR) is 69.8 cm³/mol. The number of anilines is 1. The smallest absolute Gasteiger partial charge is 0.322 e. The van der Waals surface area contributed by atoms with E-state index in [1.165, 1.54) is 12.1 Å². The molecule has 0 aliphatic rings. The fourth-order valence-electron chi connectivity index (χ4n) is 1.47. The third-order valence-electron chi connectivity index (χ3n) is 2.22. The molecule has 1 N–H and O–H groups in total. The lowest BCUT2D eigenvalue weighted by molar-refractivity contribution is -0.384. The monoisotopic (exact) mass is 262 g/mol. The summed E-state index contributed by atoms with van der Waals surface area (Å²) < 4.78 is 5.05. The van der Waals surface area contributed by atoms with Crippen LogP contribution in [0, 0.1) is 10.1 Å². The van der Waals surface area contributed by atoms with Crippen molar-refractivity contribution in [3.05, 3.63) is 34.4 Å². The first-order valence-corrected chi connectivity index (χ1v) is 5.72. The normalized spacial score (nSPS) is 11.3. The van der Waals surface area contributed by atoms with Gasteiger partial charge in [-0.05, 0) is 20.8 Å². The Morgan fingerprint density at radius 3 is 2.74 bits per heavy atom. The molecule has 0 bridgehead atoms. The number of nitrogens with one attached hydrogen (secondary N) is 1. The Balaban J connectivity index is 2.28. The number of nitro benzene ring substituents is 1. The van der Waals surface area contributed by atoms with Gasteiger partial charge in [-0.25, -0.2) is 0 Å². The third-order valence-corrected chi connectivity index (χ3v) is 2.22. The van der Waals surface area contributed by atoms with Crippen molar-refractivity contribution >= 4 is 11.7 Å². The van der Waals surface area contributed by atoms with E-state index in [9.17, 15) is 10.1 Å². The van der Waals surface area contributed by atoms with Crippen molar-refractivity contribution in [2.75, 3.05) is 5.32 Å². The quantitative estimate of drug-likeness (QED) is 0.675. The second-order valence-corrected chi connectivity index (χ2v) is 5.11. The van der Waals surface area contributed by atoms with Gasteiger partial charge in [0, 0.05) is 23.2 Å². The highest BCUT2D eigenvalue weighted by molar-refractivity contribution is 5.59. The molecular formula is C12H14N4O3. The van der Waals surface area contributed by atoms with Gasteiger partial charge in [-0.2, -0.15) is 4.98 Å². The van der Waals surface area contributed by atoms with Crippen LogP contribution in [0.5, 0.6) is 0 Å². The number of benzene rings is 1. The minimum atomic E-state index is -0.460. The molecule has 1 aromatic carbocycles. The van der Waals surface area contributed by atoms with Crippen molar-refractivity contribution in [3.63, 3.8) is 0 Å². The van der Waals surface area contributed by atoms with Crippen LogP contribution in [0.4, 0.5) is 11.7 Å². The van der Waals surface area contributed by atoms with Crippen LogP contribution < -0.4 is 5.32 Å². The van der Waals surface area contributed by atoms with E-state index in [1.54, 1.807) is 12.1 Å². The molecule has 100 valence electrons. The summed E-state index contributed by atoms with van der Waals surface area (Å²) in [6, 6.07) is 6.39. The molecule has 2 aromatic rings. The number of hydrogen-bond donors (Lipinski definition) is 1. The first-order valence-electron chi connectivity index (χ1n) is 5.72. The van der Waals surface area contributed by atoms with Crippen molar-refractivity contribution in [2.24, 2.45) is 0 Å². The molecule has 0 fully saturated rings. The zero-order valence-electron chi connectivity index (χ0n) is 10.9. The number of nitro groups is 1. The summed E-state index contributed by atoms with van der Waals surface area (Å²) in [6.07, 6.45) is 0. The first kappa shape index (κ1) is 13.0. The predicted octanol–water partition coefficient (Wildman–Crippen LogP) is 2.86. The van der Waals surface area contributed by atoms with Gasteiger partial charge in [0.15, 0.2) is 0 Å². The Bertz CT molecular complexity index is 601. The molecule has 0 spiro atoms. The number of nitrogens with zero attached hydrogens (tertiary/aromatic N) is 3. The highest BCUT2D eigenvalue weighted by Crippen LogP contribution is 2.23. The minimum absolute atomic E-state index is 0.00682. The second-order valence-electron chi connectivity index (χ2n) is 5.11. The minimum Gasteiger partial charge on any atom is -0.333 e. The van der Waals surface area contributed by atoms with Gasteiger partial charge in [-0.15, -0.1) is 0 Å². The third kappa shape index (κ3) is 3.27. The van der Waals surface area contributed by atoms with Crippen molar-refractivity contribution in [3.8, 4) is 11.4 Å². The first-order chi connectivity index (χ1) is 8.85. The average molecular weight is 262 g/mol. The molecule has 0 unspecified atom stereocenters. The summed E-state index contributed by atoms with van der Waals surface area (Å²) in [5.74, 6) is 0.315. The average Bonchev–Trinajstić information content (AvgIpc) is 2.75. The van der Waals surface area contributed by atoms with Crippen LogP contribution in [0.15, 0.2) is 28.8 Å². The maximum Gasteiger partial charge on any atom is 0.322 e. The summed E-state index contributed by atoms with van der Waals surface area (Å²) in [6.45, 7) is 5.89. The standard InChI is InChI=1S/C12H14N4O3/c1-12(2,3)14-11-13-10(15-19-11)8-5-4-6-9(7-8)16(17)18/h4-7H,1-3H3,(H,13,14,15). The van der Waals surface area contributed by atoms with Crippen LogP contribution >= 0.6 is 0 Å². The zero-order chi connectivity index (χ0) is 14.0. The molecule has 19 heavy (non-hydrogen) atoms.